The molecule has 308 valence electrons. The first-order valence-corrected chi connectivity index (χ1v) is 21.4. The first kappa shape index (κ1) is 39.6. The Labute approximate surface area is 353 Å². The number of phenols is 6. The summed E-state index contributed by atoms with van der Waals surface area (Å²) < 4.78 is 0. The van der Waals surface area contributed by atoms with Crippen LogP contribution in [0.15, 0.2) is 97.1 Å². The minimum Gasteiger partial charge on any atom is -0.508 e. The summed E-state index contributed by atoms with van der Waals surface area (Å²) in [5.74, 6) is 0.475. The average molecular weight is 801 g/mol. The Morgan fingerprint density at radius 3 is 1.00 bits per heavy atom. The number of phenolic OH excluding ortho intramolecular Hbond substituents is 6. The van der Waals surface area contributed by atoms with E-state index in [4.69, 9.17) is 0 Å². The van der Waals surface area contributed by atoms with Crippen LogP contribution >= 0.6 is 0 Å². The molecule has 60 heavy (non-hydrogen) atoms. The standard InChI is InChI=1S/C54H56O6/c1-29-7-11-45(55)39(15-29)49(40-16-30(2)8-12-46(40)56)43-22-37(19-33(5)51(43)59)53-24-35-21-36(25-53)27-54(26-35,28-53)38-20-34(6)52(60)44(23-38)50(41-17-31(3)9-13-47(41)57)42-18-32(4)10-14-48(42)58/h7-20,22-23,35-36,49-50,55-60H,21,24-28H2,1-6H3. The van der Waals surface area contributed by atoms with Crippen molar-refractivity contribution >= 4 is 0 Å². The topological polar surface area (TPSA) is 121 Å². The molecule has 6 nitrogen and oxygen atoms in total. The van der Waals surface area contributed by atoms with Crippen LogP contribution in [-0.2, 0) is 10.8 Å². The van der Waals surface area contributed by atoms with Crippen molar-refractivity contribution in [1.82, 2.24) is 0 Å². The van der Waals surface area contributed by atoms with E-state index in [-0.39, 0.29) is 45.3 Å². The minimum atomic E-state index is -0.623. The second kappa shape index (κ2) is 14.4. The van der Waals surface area contributed by atoms with Gasteiger partial charge in [-0.3, -0.25) is 0 Å². The molecule has 0 saturated heterocycles. The van der Waals surface area contributed by atoms with Crippen LogP contribution in [0.1, 0.15) is 128 Å². The molecule has 4 fully saturated rings. The van der Waals surface area contributed by atoms with Gasteiger partial charge in [0.15, 0.2) is 0 Å². The molecule has 0 amide bonds. The van der Waals surface area contributed by atoms with Crippen LogP contribution in [0, 0.1) is 53.4 Å². The third-order valence-electron chi connectivity index (χ3n) is 14.5. The average Bonchev–Trinajstić information content (AvgIpc) is 3.19. The maximum atomic E-state index is 12.0. The van der Waals surface area contributed by atoms with Gasteiger partial charge in [0, 0.05) is 45.2 Å². The first-order valence-electron chi connectivity index (χ1n) is 21.4. The van der Waals surface area contributed by atoms with Gasteiger partial charge < -0.3 is 30.6 Å². The molecule has 0 aliphatic heterocycles. The lowest BCUT2D eigenvalue weighted by Crippen LogP contribution is -2.56. The van der Waals surface area contributed by atoms with Crippen LogP contribution in [0.5, 0.6) is 34.5 Å². The van der Waals surface area contributed by atoms with Gasteiger partial charge >= 0.3 is 0 Å². The van der Waals surface area contributed by atoms with Gasteiger partial charge in [0.25, 0.3) is 0 Å². The summed E-state index contributed by atoms with van der Waals surface area (Å²) in [5.41, 5.74) is 11.2. The van der Waals surface area contributed by atoms with Gasteiger partial charge in [-0.2, -0.15) is 0 Å². The molecule has 0 heterocycles. The van der Waals surface area contributed by atoms with Crippen LogP contribution in [0.2, 0.25) is 0 Å². The first-order chi connectivity index (χ1) is 28.5. The predicted octanol–water partition coefficient (Wildman–Crippen LogP) is 11.9. The Morgan fingerprint density at radius 2 is 0.700 bits per heavy atom. The Hall–Kier alpha value is -5.88. The second-order valence-electron chi connectivity index (χ2n) is 19.1. The molecule has 10 rings (SSSR count). The van der Waals surface area contributed by atoms with Crippen molar-refractivity contribution in [2.24, 2.45) is 11.8 Å². The molecule has 0 unspecified atom stereocenters. The fourth-order valence-corrected chi connectivity index (χ4v) is 12.2. The van der Waals surface area contributed by atoms with Gasteiger partial charge in [-0.25, -0.2) is 0 Å². The van der Waals surface area contributed by atoms with Crippen LogP contribution < -0.4 is 0 Å². The summed E-state index contributed by atoms with van der Waals surface area (Å²) in [6, 6.07) is 30.8. The molecule has 6 heteroatoms. The fourth-order valence-electron chi connectivity index (χ4n) is 12.2. The van der Waals surface area contributed by atoms with E-state index in [2.05, 4.69) is 24.3 Å². The zero-order valence-electron chi connectivity index (χ0n) is 35.5. The van der Waals surface area contributed by atoms with Crippen molar-refractivity contribution in [2.75, 3.05) is 0 Å². The van der Waals surface area contributed by atoms with E-state index in [0.29, 0.717) is 45.2 Å². The van der Waals surface area contributed by atoms with Gasteiger partial charge in [-0.05, 0) is 149 Å². The van der Waals surface area contributed by atoms with E-state index in [9.17, 15) is 30.6 Å². The van der Waals surface area contributed by atoms with E-state index in [1.807, 2.05) is 90.1 Å². The minimum absolute atomic E-state index is 0.109. The summed E-state index contributed by atoms with van der Waals surface area (Å²) in [4.78, 5) is 0. The Kier molecular flexibility index (Phi) is 9.49. The lowest BCUT2D eigenvalue weighted by molar-refractivity contribution is -0.0282. The van der Waals surface area contributed by atoms with E-state index in [1.165, 1.54) is 17.5 Å². The monoisotopic (exact) mass is 800 g/mol. The zero-order chi connectivity index (χ0) is 42.4. The summed E-state index contributed by atoms with van der Waals surface area (Å²) in [5, 5.41) is 69.7. The highest BCUT2D eigenvalue weighted by Crippen LogP contribution is 2.67. The van der Waals surface area contributed by atoms with Gasteiger partial charge in [0.2, 0.25) is 0 Å². The zero-order valence-corrected chi connectivity index (χ0v) is 35.5. The van der Waals surface area contributed by atoms with Gasteiger partial charge in [-0.15, -0.1) is 0 Å². The van der Waals surface area contributed by atoms with Gasteiger partial charge in [-0.1, -0.05) is 95.1 Å². The molecule has 4 saturated carbocycles. The lowest BCUT2D eigenvalue weighted by atomic mass is 9.41. The van der Waals surface area contributed by atoms with Crippen LogP contribution in [-0.4, -0.2) is 30.6 Å². The Morgan fingerprint density at radius 1 is 0.400 bits per heavy atom. The van der Waals surface area contributed by atoms with E-state index in [1.54, 1.807) is 24.3 Å². The molecule has 4 bridgehead atoms. The number of aryl methyl sites for hydroxylation is 6. The van der Waals surface area contributed by atoms with Crippen molar-refractivity contribution in [2.45, 2.75) is 103 Å². The van der Waals surface area contributed by atoms with E-state index >= 15 is 0 Å². The normalized spacial score (nSPS) is 21.9. The lowest BCUT2D eigenvalue weighted by Gasteiger charge is -2.63. The van der Waals surface area contributed by atoms with Crippen molar-refractivity contribution in [3.8, 4) is 34.5 Å². The van der Waals surface area contributed by atoms with Gasteiger partial charge in [0.1, 0.15) is 34.5 Å². The maximum Gasteiger partial charge on any atom is 0.122 e. The fraction of sp³-hybridized carbons (Fsp3) is 0.333. The molecule has 4 aliphatic carbocycles. The molecule has 0 spiro atoms. The summed E-state index contributed by atoms with van der Waals surface area (Å²) in [6.07, 6.45) is 6.20. The number of aromatic hydroxyl groups is 6. The molecule has 6 aromatic carbocycles. The summed E-state index contributed by atoms with van der Waals surface area (Å²) in [6.45, 7) is 11.9. The summed E-state index contributed by atoms with van der Waals surface area (Å²) >= 11 is 0. The Balaban J connectivity index is 1.21. The molecule has 6 aromatic rings. The third-order valence-corrected chi connectivity index (χ3v) is 14.5. The van der Waals surface area contributed by atoms with Gasteiger partial charge in [0.05, 0.1) is 0 Å². The third kappa shape index (κ3) is 6.56. The van der Waals surface area contributed by atoms with Crippen LogP contribution in [0.3, 0.4) is 0 Å². The van der Waals surface area contributed by atoms with E-state index < -0.39 is 11.8 Å². The van der Waals surface area contributed by atoms with Crippen molar-refractivity contribution in [3.63, 3.8) is 0 Å². The molecule has 6 N–H and O–H groups in total. The van der Waals surface area contributed by atoms with E-state index in [0.717, 1.165) is 65.5 Å². The second-order valence-corrected chi connectivity index (χ2v) is 19.1. The van der Waals surface area contributed by atoms with Crippen molar-refractivity contribution in [1.29, 1.82) is 0 Å². The molecular formula is C54H56O6. The van der Waals surface area contributed by atoms with Crippen molar-refractivity contribution in [3.05, 3.63) is 175 Å². The molecule has 0 atom stereocenters. The Bertz CT molecular complexity index is 2390. The molecule has 0 radical (unpaired) electrons. The summed E-state index contributed by atoms with van der Waals surface area (Å²) in [7, 11) is 0. The quantitative estimate of drug-likeness (QED) is 0.0853. The molecular weight excluding hydrogens is 745 g/mol. The highest BCUT2D eigenvalue weighted by atomic mass is 16.3. The largest absolute Gasteiger partial charge is 0.508 e. The SMILES string of the molecule is Cc1ccc(O)c(C(c2cc(C)ccc2O)c2cc(C34CC5CC(C3)CC(c3cc(C)c(O)c(C(c6cc(C)ccc6O)c6cc(C)ccc6O)c3)(C5)C4)cc(C)c2O)c1. The molecule has 4 aliphatic rings. The molecule has 0 aromatic heterocycles. The highest BCUT2D eigenvalue weighted by molar-refractivity contribution is 5.62. The van der Waals surface area contributed by atoms with Crippen LogP contribution in [0.4, 0.5) is 0 Å². The predicted molar refractivity (Wildman–Crippen MR) is 237 cm³/mol. The number of benzene rings is 6. The van der Waals surface area contributed by atoms with Crippen molar-refractivity contribution < 1.29 is 30.6 Å². The number of hydrogen-bond donors (Lipinski definition) is 6. The smallest absolute Gasteiger partial charge is 0.122 e. The highest BCUT2D eigenvalue weighted by Gasteiger charge is 2.59. The number of rotatable bonds is 8. The van der Waals surface area contributed by atoms with Crippen LogP contribution in [0.25, 0.3) is 0 Å². The number of hydrogen-bond acceptors (Lipinski definition) is 6. The maximum absolute atomic E-state index is 12.0.